The quantitative estimate of drug-likeness (QED) is 0.792. The monoisotopic (exact) mass is 324 g/mol. The van der Waals surface area contributed by atoms with E-state index in [-0.39, 0.29) is 10.5 Å². The Kier molecular flexibility index (Phi) is 2.82. The minimum absolute atomic E-state index is 0.163. The van der Waals surface area contributed by atoms with Crippen molar-refractivity contribution < 1.29 is 8.42 Å². The minimum Gasteiger partial charge on any atom is -0.228 e. The zero-order valence-electron chi connectivity index (χ0n) is 13.1. The highest BCUT2D eigenvalue weighted by Gasteiger charge is 2.40. The SMILES string of the molecule is O=S1(=O)C2C=C(c3ccc4c5c(cccc35)CC4)CC1CCC2. The van der Waals surface area contributed by atoms with Crippen molar-refractivity contribution in [3.63, 3.8) is 0 Å². The standard InChI is InChI=1S/C20H20O2S/c21-23(22)16-4-2-5-17(23)12-15(11-16)18-10-9-14-8-7-13-3-1-6-19(18)20(13)14/h1,3,6,9-11,16-17H,2,4-5,7-8,12H2. The molecule has 0 amide bonds. The van der Waals surface area contributed by atoms with E-state index in [0.29, 0.717) is 6.42 Å². The molecule has 2 unspecified atom stereocenters. The van der Waals surface area contributed by atoms with Gasteiger partial charge in [0.25, 0.3) is 0 Å². The second kappa shape index (κ2) is 4.70. The Morgan fingerprint density at radius 3 is 2.61 bits per heavy atom. The van der Waals surface area contributed by atoms with Gasteiger partial charge in [0.1, 0.15) is 0 Å². The second-order valence-corrected chi connectivity index (χ2v) is 9.64. The van der Waals surface area contributed by atoms with Crippen LogP contribution in [0, 0.1) is 0 Å². The number of benzene rings is 2. The van der Waals surface area contributed by atoms with Crippen LogP contribution >= 0.6 is 0 Å². The molecule has 1 fully saturated rings. The van der Waals surface area contributed by atoms with Gasteiger partial charge in [0.2, 0.25) is 0 Å². The van der Waals surface area contributed by atoms with Gasteiger partial charge in [0.15, 0.2) is 9.84 Å². The number of sulfone groups is 1. The number of hydrogen-bond donors (Lipinski definition) is 0. The van der Waals surface area contributed by atoms with Gasteiger partial charge in [-0.2, -0.15) is 0 Å². The first-order valence-electron chi connectivity index (χ1n) is 8.62. The number of rotatable bonds is 1. The van der Waals surface area contributed by atoms with Crippen molar-refractivity contribution in [1.29, 1.82) is 0 Å². The van der Waals surface area contributed by atoms with Crippen LogP contribution in [0.15, 0.2) is 36.4 Å². The molecule has 3 heteroatoms. The maximum absolute atomic E-state index is 12.5. The van der Waals surface area contributed by atoms with Crippen molar-refractivity contribution in [2.45, 2.75) is 49.0 Å². The van der Waals surface area contributed by atoms with Crippen LogP contribution in [0.25, 0.3) is 16.3 Å². The average Bonchev–Trinajstić information content (AvgIpc) is 2.92. The molecular formula is C20H20O2S. The van der Waals surface area contributed by atoms with Crippen LogP contribution in [0.3, 0.4) is 0 Å². The molecule has 2 aliphatic heterocycles. The van der Waals surface area contributed by atoms with Crippen molar-refractivity contribution in [2.75, 3.05) is 0 Å². The molecule has 0 radical (unpaired) electrons. The fourth-order valence-corrected chi connectivity index (χ4v) is 7.03. The molecule has 0 saturated carbocycles. The van der Waals surface area contributed by atoms with Gasteiger partial charge < -0.3 is 0 Å². The van der Waals surface area contributed by atoms with E-state index >= 15 is 0 Å². The summed E-state index contributed by atoms with van der Waals surface area (Å²) in [5.74, 6) is 0. The van der Waals surface area contributed by atoms with E-state index < -0.39 is 9.84 Å². The van der Waals surface area contributed by atoms with E-state index in [4.69, 9.17) is 0 Å². The Bertz CT molecular complexity index is 943. The molecule has 3 aliphatic rings. The molecule has 118 valence electrons. The van der Waals surface area contributed by atoms with Crippen LogP contribution in [0.5, 0.6) is 0 Å². The first kappa shape index (κ1) is 13.8. The van der Waals surface area contributed by atoms with Crippen LogP contribution in [0.1, 0.15) is 42.4 Å². The topological polar surface area (TPSA) is 34.1 Å². The molecule has 0 spiro atoms. The van der Waals surface area contributed by atoms with E-state index in [0.717, 1.165) is 32.1 Å². The summed E-state index contributed by atoms with van der Waals surface area (Å²) in [6, 6.07) is 11.1. The van der Waals surface area contributed by atoms with Crippen molar-refractivity contribution >= 4 is 26.2 Å². The highest BCUT2D eigenvalue weighted by molar-refractivity contribution is 7.93. The van der Waals surface area contributed by atoms with Gasteiger partial charge in [-0.1, -0.05) is 42.8 Å². The predicted molar refractivity (Wildman–Crippen MR) is 94.3 cm³/mol. The molecule has 1 saturated heterocycles. The molecule has 23 heavy (non-hydrogen) atoms. The summed E-state index contributed by atoms with van der Waals surface area (Å²) in [7, 11) is -2.94. The van der Waals surface area contributed by atoms with Gasteiger partial charge in [-0.15, -0.1) is 0 Å². The first-order valence-corrected chi connectivity index (χ1v) is 10.2. The summed E-state index contributed by atoms with van der Waals surface area (Å²) in [6.07, 6.45) is 7.69. The summed E-state index contributed by atoms with van der Waals surface area (Å²) < 4.78 is 25.0. The van der Waals surface area contributed by atoms with Gasteiger partial charge in [-0.25, -0.2) is 8.42 Å². The van der Waals surface area contributed by atoms with Gasteiger partial charge in [0, 0.05) is 0 Å². The third kappa shape index (κ3) is 1.89. The molecule has 2 heterocycles. The lowest BCUT2D eigenvalue weighted by Gasteiger charge is -2.33. The van der Waals surface area contributed by atoms with Gasteiger partial charge >= 0.3 is 0 Å². The number of hydrogen-bond acceptors (Lipinski definition) is 2. The predicted octanol–water partition coefficient (Wildman–Crippen LogP) is 4.06. The zero-order chi connectivity index (χ0) is 15.6. The molecule has 5 rings (SSSR count). The Hall–Kier alpha value is -1.61. The number of allylic oxidation sites excluding steroid dienone is 1. The number of fused-ring (bicyclic) bond motifs is 2. The normalized spacial score (nSPS) is 27.9. The molecule has 2 aromatic rings. The smallest absolute Gasteiger partial charge is 0.159 e. The lowest BCUT2D eigenvalue weighted by Crippen LogP contribution is -2.38. The summed E-state index contributed by atoms with van der Waals surface area (Å²) in [5, 5.41) is 2.32. The van der Waals surface area contributed by atoms with Gasteiger partial charge in [-0.05, 0) is 65.1 Å². The Balaban J connectivity index is 1.72. The maximum Gasteiger partial charge on any atom is 0.159 e. The second-order valence-electron chi connectivity index (χ2n) is 7.19. The Morgan fingerprint density at radius 1 is 0.957 bits per heavy atom. The fraction of sp³-hybridized carbons (Fsp3) is 0.400. The van der Waals surface area contributed by atoms with Crippen LogP contribution in [0.4, 0.5) is 0 Å². The average molecular weight is 324 g/mol. The number of aryl methyl sites for hydroxylation is 2. The van der Waals surface area contributed by atoms with Gasteiger partial charge in [0.05, 0.1) is 10.5 Å². The van der Waals surface area contributed by atoms with Crippen molar-refractivity contribution in [2.24, 2.45) is 0 Å². The third-order valence-electron chi connectivity index (χ3n) is 5.96. The molecule has 2 bridgehead atoms. The molecule has 2 aromatic carbocycles. The van der Waals surface area contributed by atoms with Crippen LogP contribution in [-0.2, 0) is 22.7 Å². The highest BCUT2D eigenvalue weighted by Crippen LogP contribution is 2.42. The summed E-state index contributed by atoms with van der Waals surface area (Å²) in [4.78, 5) is 0. The molecular weight excluding hydrogens is 304 g/mol. The lowest BCUT2D eigenvalue weighted by molar-refractivity contribution is 0.518. The van der Waals surface area contributed by atoms with E-state index in [1.807, 2.05) is 0 Å². The van der Waals surface area contributed by atoms with E-state index in [9.17, 15) is 8.42 Å². The molecule has 2 atom stereocenters. The summed E-state index contributed by atoms with van der Waals surface area (Å²) >= 11 is 0. The molecule has 0 aromatic heterocycles. The largest absolute Gasteiger partial charge is 0.228 e. The Labute approximate surface area is 137 Å². The van der Waals surface area contributed by atoms with Crippen LogP contribution < -0.4 is 0 Å². The highest BCUT2D eigenvalue weighted by atomic mass is 32.2. The van der Waals surface area contributed by atoms with E-state index in [2.05, 4.69) is 36.4 Å². The molecule has 0 N–H and O–H groups in total. The maximum atomic E-state index is 12.5. The summed E-state index contributed by atoms with van der Waals surface area (Å²) in [6.45, 7) is 0. The fourth-order valence-electron chi connectivity index (χ4n) is 4.78. The van der Waals surface area contributed by atoms with Gasteiger partial charge in [-0.3, -0.25) is 0 Å². The summed E-state index contributed by atoms with van der Waals surface area (Å²) in [5.41, 5.74) is 5.41. The van der Waals surface area contributed by atoms with Crippen molar-refractivity contribution in [3.05, 3.63) is 53.1 Å². The van der Waals surface area contributed by atoms with Crippen molar-refractivity contribution in [3.8, 4) is 0 Å². The molecule has 1 aliphatic carbocycles. The molecule has 2 nitrogen and oxygen atoms in total. The first-order chi connectivity index (χ1) is 11.1. The van der Waals surface area contributed by atoms with Crippen molar-refractivity contribution in [1.82, 2.24) is 0 Å². The van der Waals surface area contributed by atoms with Crippen LogP contribution in [-0.4, -0.2) is 18.9 Å². The third-order valence-corrected chi connectivity index (χ3v) is 8.51. The Morgan fingerprint density at radius 2 is 1.78 bits per heavy atom. The van der Waals surface area contributed by atoms with Crippen LogP contribution in [0.2, 0.25) is 0 Å². The minimum atomic E-state index is -2.94. The lowest BCUT2D eigenvalue weighted by atomic mass is 9.89. The van der Waals surface area contributed by atoms with E-state index in [1.165, 1.54) is 33.0 Å². The van der Waals surface area contributed by atoms with E-state index in [1.54, 1.807) is 0 Å². The zero-order valence-corrected chi connectivity index (χ0v) is 13.9.